The Hall–Kier alpha value is -8.03. The largest absolute Gasteiger partial charge is 0.478 e. The maximum absolute atomic E-state index is 12.3. The molecule has 6 aromatic carbocycles. The van der Waals surface area contributed by atoms with Crippen LogP contribution in [0.2, 0.25) is 5.02 Å². The van der Waals surface area contributed by atoms with Crippen molar-refractivity contribution in [3.05, 3.63) is 210 Å². The number of aryl methyl sites for hydroxylation is 3. The van der Waals surface area contributed by atoms with E-state index in [2.05, 4.69) is 0 Å². The molecule has 0 atom stereocenters. The lowest BCUT2D eigenvalue weighted by atomic mass is 9.95. The summed E-state index contributed by atoms with van der Waals surface area (Å²) in [6.45, 7) is 5.41. The summed E-state index contributed by atoms with van der Waals surface area (Å²) in [5, 5.41) is 46.3. The predicted octanol–water partition coefficient (Wildman–Crippen LogP) is 10.0. The molecule has 14 heteroatoms. The zero-order chi connectivity index (χ0) is 47.2. The van der Waals surface area contributed by atoms with Gasteiger partial charge in [-0.2, -0.15) is 0 Å². The number of carboxylic acid groups (broad SMARTS) is 5. The SMILES string of the molecule is C.Cc1ccc(CC(=O)c2ccccc2C(=O)O)c(C(=O)O)c1.Cc1ccc(CC(=O)c2ccccc2C(=O)O)c(C(=O)O)c1.Cc1ccc(CC(=O)c2ccccc2C(=O)O)cc1Cl. The summed E-state index contributed by atoms with van der Waals surface area (Å²) in [7, 11) is 0. The molecule has 0 aliphatic rings. The molecule has 0 saturated heterocycles. The van der Waals surface area contributed by atoms with E-state index in [1.54, 1.807) is 68.4 Å². The summed E-state index contributed by atoms with van der Waals surface area (Å²) in [6.07, 6.45) is -0.192. The fraction of sp³-hybridized carbons (Fsp3) is 0.137. The molecule has 334 valence electrons. The molecule has 0 saturated carbocycles. The van der Waals surface area contributed by atoms with Gasteiger partial charge in [-0.1, -0.05) is 121 Å². The van der Waals surface area contributed by atoms with Crippen LogP contribution in [-0.4, -0.2) is 72.7 Å². The van der Waals surface area contributed by atoms with Crippen LogP contribution in [0.3, 0.4) is 0 Å². The molecule has 0 bridgehead atoms. The van der Waals surface area contributed by atoms with Crippen molar-refractivity contribution in [2.24, 2.45) is 0 Å². The predicted molar refractivity (Wildman–Crippen MR) is 244 cm³/mol. The van der Waals surface area contributed by atoms with Crippen molar-refractivity contribution in [2.75, 3.05) is 0 Å². The number of halogens is 1. The molecular weight excluding hydrogens is 856 g/mol. The first-order valence-electron chi connectivity index (χ1n) is 19.3. The molecule has 6 aromatic rings. The number of rotatable bonds is 14. The third kappa shape index (κ3) is 14.0. The highest BCUT2D eigenvalue weighted by atomic mass is 35.5. The average molecular weight is 901 g/mol. The van der Waals surface area contributed by atoms with Gasteiger partial charge in [0, 0.05) is 41.0 Å². The van der Waals surface area contributed by atoms with Crippen molar-refractivity contribution in [3.8, 4) is 0 Å². The normalized spacial score (nSPS) is 10.1. The highest BCUT2D eigenvalue weighted by Crippen LogP contribution is 2.21. The van der Waals surface area contributed by atoms with Gasteiger partial charge in [0.15, 0.2) is 17.3 Å². The van der Waals surface area contributed by atoms with Crippen molar-refractivity contribution >= 4 is 58.8 Å². The van der Waals surface area contributed by atoms with Crippen LogP contribution in [0.25, 0.3) is 0 Å². The second kappa shape index (κ2) is 23.4. The number of carbonyl (C=O) groups is 8. The van der Waals surface area contributed by atoms with Gasteiger partial charge in [0.2, 0.25) is 0 Å². The highest BCUT2D eigenvalue weighted by Gasteiger charge is 2.21. The number of benzene rings is 6. The smallest absolute Gasteiger partial charge is 0.336 e. The third-order valence-corrected chi connectivity index (χ3v) is 10.1. The zero-order valence-corrected chi connectivity index (χ0v) is 35.4. The maximum atomic E-state index is 12.3. The van der Waals surface area contributed by atoms with E-state index in [4.69, 9.17) is 26.9 Å². The highest BCUT2D eigenvalue weighted by molar-refractivity contribution is 6.31. The van der Waals surface area contributed by atoms with E-state index in [0.717, 1.165) is 22.3 Å². The van der Waals surface area contributed by atoms with E-state index in [9.17, 15) is 48.6 Å². The quantitative estimate of drug-likeness (QED) is 0.0641. The standard InChI is InChI=1S/2C17H14O5.C16H13ClO3.CH4/c2*1-10-6-7-11(14(8-10)17(21)22)9-15(18)12-4-2-3-5-13(12)16(19)20;1-10-6-7-11(8-14(10)17)9-15(18)12-4-2-3-5-13(12)16(19)20;/h2*2-8H,9H2,1H3,(H,19,20)(H,21,22);2-8H,9H2,1H3,(H,19,20);1H4. The van der Waals surface area contributed by atoms with Crippen LogP contribution < -0.4 is 0 Å². The Bertz CT molecular complexity index is 2670. The van der Waals surface area contributed by atoms with Gasteiger partial charge < -0.3 is 25.5 Å². The summed E-state index contributed by atoms with van der Waals surface area (Å²) in [6, 6.07) is 33.0. The van der Waals surface area contributed by atoms with Crippen LogP contribution in [0.5, 0.6) is 0 Å². The lowest BCUT2D eigenvalue weighted by Crippen LogP contribution is -2.13. The number of hydrogen-bond acceptors (Lipinski definition) is 8. The van der Waals surface area contributed by atoms with Crippen molar-refractivity contribution in [2.45, 2.75) is 47.5 Å². The summed E-state index contributed by atoms with van der Waals surface area (Å²) in [4.78, 5) is 92.8. The minimum absolute atomic E-state index is 0. The van der Waals surface area contributed by atoms with Crippen LogP contribution >= 0.6 is 11.6 Å². The first kappa shape index (κ1) is 51.3. The van der Waals surface area contributed by atoms with Gasteiger partial charge in [0.1, 0.15) is 0 Å². The Balaban J connectivity index is 0.000000257. The summed E-state index contributed by atoms with van der Waals surface area (Å²) < 4.78 is 0. The fourth-order valence-electron chi connectivity index (χ4n) is 6.39. The molecule has 0 heterocycles. The number of ketones is 3. The van der Waals surface area contributed by atoms with Crippen LogP contribution in [0.1, 0.15) is 124 Å². The summed E-state index contributed by atoms with van der Waals surface area (Å²) >= 11 is 6.02. The van der Waals surface area contributed by atoms with Gasteiger partial charge in [-0.15, -0.1) is 0 Å². The van der Waals surface area contributed by atoms with Crippen LogP contribution in [-0.2, 0) is 19.3 Å². The number of aromatic carboxylic acids is 5. The van der Waals surface area contributed by atoms with Gasteiger partial charge in [0.05, 0.1) is 27.8 Å². The molecule has 5 N–H and O–H groups in total. The number of hydrogen-bond donors (Lipinski definition) is 5. The zero-order valence-electron chi connectivity index (χ0n) is 34.6. The van der Waals surface area contributed by atoms with E-state index in [1.807, 2.05) is 19.1 Å². The molecule has 6 rings (SSSR count). The van der Waals surface area contributed by atoms with Crippen molar-refractivity contribution in [1.82, 2.24) is 0 Å². The Morgan fingerprint density at radius 2 is 0.692 bits per heavy atom. The summed E-state index contributed by atoms with van der Waals surface area (Å²) in [5.41, 5.74) is 4.33. The lowest BCUT2D eigenvalue weighted by molar-refractivity contribution is 0.0682. The minimum Gasteiger partial charge on any atom is -0.478 e. The molecule has 0 aliphatic carbocycles. The van der Waals surface area contributed by atoms with E-state index >= 15 is 0 Å². The maximum Gasteiger partial charge on any atom is 0.336 e. The molecule has 0 fully saturated rings. The number of Topliss-reactive ketones (excluding diaryl/α,β-unsaturated/α-hetero) is 3. The van der Waals surface area contributed by atoms with Gasteiger partial charge >= 0.3 is 29.8 Å². The number of carbonyl (C=O) groups excluding carboxylic acids is 3. The molecule has 0 aromatic heterocycles. The molecule has 0 aliphatic heterocycles. The van der Waals surface area contributed by atoms with Gasteiger partial charge in [-0.05, 0) is 79.4 Å². The first-order valence-corrected chi connectivity index (χ1v) is 19.6. The Labute approximate surface area is 379 Å². The third-order valence-electron chi connectivity index (χ3n) is 9.67. The van der Waals surface area contributed by atoms with Gasteiger partial charge in [-0.3, -0.25) is 14.4 Å². The molecule has 0 spiro atoms. The lowest BCUT2D eigenvalue weighted by Gasteiger charge is -2.08. The molecule has 0 unspecified atom stereocenters. The van der Waals surface area contributed by atoms with Crippen molar-refractivity contribution in [1.29, 1.82) is 0 Å². The van der Waals surface area contributed by atoms with Crippen LogP contribution in [0, 0.1) is 20.8 Å². The fourth-order valence-corrected chi connectivity index (χ4v) is 6.59. The van der Waals surface area contributed by atoms with Crippen LogP contribution in [0.15, 0.2) is 127 Å². The second-order valence-electron chi connectivity index (χ2n) is 14.4. The molecule has 0 radical (unpaired) electrons. The second-order valence-corrected chi connectivity index (χ2v) is 14.8. The summed E-state index contributed by atoms with van der Waals surface area (Å²) in [5.74, 6) is -6.79. The Kier molecular flexibility index (Phi) is 18.5. The van der Waals surface area contributed by atoms with Gasteiger partial charge in [0.25, 0.3) is 0 Å². The molecule has 65 heavy (non-hydrogen) atoms. The molecule has 0 amide bonds. The topological polar surface area (TPSA) is 238 Å². The average Bonchev–Trinajstić information content (AvgIpc) is 3.26. The van der Waals surface area contributed by atoms with Gasteiger partial charge in [-0.25, -0.2) is 24.0 Å². The Morgan fingerprint density at radius 3 is 1.00 bits per heavy atom. The van der Waals surface area contributed by atoms with Crippen molar-refractivity contribution in [3.63, 3.8) is 0 Å². The first-order chi connectivity index (χ1) is 30.3. The molecule has 13 nitrogen and oxygen atoms in total. The van der Waals surface area contributed by atoms with Crippen LogP contribution in [0.4, 0.5) is 0 Å². The number of carboxylic acids is 5. The Morgan fingerprint density at radius 1 is 0.385 bits per heavy atom. The monoisotopic (exact) mass is 900 g/mol. The van der Waals surface area contributed by atoms with E-state index in [-0.39, 0.29) is 77.0 Å². The van der Waals surface area contributed by atoms with E-state index < -0.39 is 41.4 Å². The van der Waals surface area contributed by atoms with E-state index in [1.165, 1.54) is 60.7 Å². The van der Waals surface area contributed by atoms with Crippen molar-refractivity contribution < 1.29 is 63.9 Å². The minimum atomic E-state index is -1.19. The van der Waals surface area contributed by atoms with E-state index in [0.29, 0.717) is 16.1 Å². The molecular formula is C51H45ClO13.